The van der Waals surface area contributed by atoms with Crippen LogP contribution < -0.4 is 16.8 Å². The second-order valence-corrected chi connectivity index (χ2v) is 7.14. The van der Waals surface area contributed by atoms with E-state index in [1.807, 2.05) is 6.92 Å². The molecule has 0 aliphatic rings. The minimum Gasteiger partial charge on any atom is -0.398 e. The zero-order valence-corrected chi connectivity index (χ0v) is 16.7. The fourth-order valence-electron chi connectivity index (χ4n) is 2.85. The minimum atomic E-state index is -0.458. The van der Waals surface area contributed by atoms with Crippen molar-refractivity contribution in [2.45, 2.75) is 32.1 Å². The highest BCUT2D eigenvalue weighted by Crippen LogP contribution is 2.29. The molecule has 0 spiro atoms. The highest BCUT2D eigenvalue weighted by molar-refractivity contribution is 6.42. The van der Waals surface area contributed by atoms with E-state index in [0.717, 1.165) is 12.0 Å². The summed E-state index contributed by atoms with van der Waals surface area (Å²) in [4.78, 5) is 12.9. The third kappa shape index (κ3) is 5.45. The topological polar surface area (TPSA) is 105 Å². The zero-order valence-electron chi connectivity index (χ0n) is 15.2. The number of nitrogens with one attached hydrogen (secondary N) is 2. The standard InChI is InChI=1S/C20H24Cl2N4O/c1-2-3-18(24)15-11-13(5-7-19(15)25)26-20(27)14(8-9-23)12-4-6-16(21)17(22)10-12/h4-7,10-11,14,24H,2-3,8-9,23,25H2,1H3,(H,26,27). The quantitative estimate of drug-likeness (QED) is 0.373. The summed E-state index contributed by atoms with van der Waals surface area (Å²) in [7, 11) is 0. The van der Waals surface area contributed by atoms with E-state index >= 15 is 0 Å². The van der Waals surface area contributed by atoms with E-state index in [4.69, 9.17) is 40.1 Å². The SMILES string of the molecule is CCCC(=N)c1cc(NC(=O)C(CCN)c2ccc(Cl)c(Cl)c2)ccc1N. The van der Waals surface area contributed by atoms with Gasteiger partial charge in [0, 0.05) is 22.6 Å². The van der Waals surface area contributed by atoms with Crippen molar-refractivity contribution in [3.63, 3.8) is 0 Å². The van der Waals surface area contributed by atoms with Crippen molar-refractivity contribution in [3.05, 3.63) is 57.6 Å². The molecule has 2 aromatic rings. The summed E-state index contributed by atoms with van der Waals surface area (Å²) in [5, 5.41) is 11.9. The van der Waals surface area contributed by atoms with Gasteiger partial charge < -0.3 is 22.2 Å². The number of nitrogens with two attached hydrogens (primary N) is 2. The molecule has 0 bridgehead atoms. The summed E-state index contributed by atoms with van der Waals surface area (Å²) >= 11 is 12.1. The first-order valence-electron chi connectivity index (χ1n) is 8.80. The maximum absolute atomic E-state index is 12.9. The van der Waals surface area contributed by atoms with E-state index in [1.54, 1.807) is 36.4 Å². The predicted molar refractivity (Wildman–Crippen MR) is 114 cm³/mol. The third-order valence-corrected chi connectivity index (χ3v) is 5.00. The summed E-state index contributed by atoms with van der Waals surface area (Å²) in [5.74, 6) is -0.655. The van der Waals surface area contributed by atoms with E-state index in [2.05, 4.69) is 5.32 Å². The number of anilines is 2. The van der Waals surface area contributed by atoms with Crippen LogP contribution in [0, 0.1) is 5.41 Å². The van der Waals surface area contributed by atoms with Crippen LogP contribution in [0.3, 0.4) is 0 Å². The van der Waals surface area contributed by atoms with Crippen LogP contribution in [-0.2, 0) is 4.79 Å². The van der Waals surface area contributed by atoms with Crippen LogP contribution in [0.1, 0.15) is 43.2 Å². The van der Waals surface area contributed by atoms with Gasteiger partial charge in [-0.1, -0.05) is 42.6 Å². The van der Waals surface area contributed by atoms with Gasteiger partial charge in [-0.05, 0) is 55.3 Å². The van der Waals surface area contributed by atoms with Gasteiger partial charge in [-0.2, -0.15) is 0 Å². The lowest BCUT2D eigenvalue weighted by Crippen LogP contribution is -2.23. The number of nitrogen functional groups attached to an aromatic ring is 1. The van der Waals surface area contributed by atoms with Crippen molar-refractivity contribution in [1.29, 1.82) is 5.41 Å². The van der Waals surface area contributed by atoms with E-state index in [9.17, 15) is 4.79 Å². The van der Waals surface area contributed by atoms with Crippen LogP contribution in [0.4, 0.5) is 11.4 Å². The molecule has 1 atom stereocenters. The Kier molecular flexibility index (Phi) is 7.66. The van der Waals surface area contributed by atoms with E-state index in [1.165, 1.54) is 0 Å². The molecular formula is C20H24Cl2N4O. The average Bonchev–Trinajstić information content (AvgIpc) is 2.63. The number of benzene rings is 2. The van der Waals surface area contributed by atoms with Crippen LogP contribution in [0.15, 0.2) is 36.4 Å². The Balaban J connectivity index is 2.26. The second-order valence-electron chi connectivity index (χ2n) is 6.32. The molecule has 6 N–H and O–H groups in total. The van der Waals surface area contributed by atoms with Gasteiger partial charge >= 0.3 is 0 Å². The molecule has 0 radical (unpaired) electrons. The third-order valence-electron chi connectivity index (χ3n) is 4.26. The summed E-state index contributed by atoms with van der Waals surface area (Å²) < 4.78 is 0. The summed E-state index contributed by atoms with van der Waals surface area (Å²) in [6, 6.07) is 10.3. The van der Waals surface area contributed by atoms with E-state index < -0.39 is 5.92 Å². The molecule has 2 aromatic carbocycles. The first kappa shape index (κ1) is 21.2. The highest BCUT2D eigenvalue weighted by atomic mass is 35.5. The van der Waals surface area contributed by atoms with Gasteiger partial charge in [-0.25, -0.2) is 0 Å². The lowest BCUT2D eigenvalue weighted by molar-refractivity contribution is -0.117. The molecule has 7 heteroatoms. The Morgan fingerprint density at radius 1 is 1.19 bits per heavy atom. The van der Waals surface area contributed by atoms with Crippen LogP contribution in [-0.4, -0.2) is 18.2 Å². The molecule has 144 valence electrons. The molecule has 0 aromatic heterocycles. The number of amides is 1. The van der Waals surface area contributed by atoms with Crippen molar-refractivity contribution in [1.82, 2.24) is 0 Å². The van der Waals surface area contributed by atoms with Gasteiger partial charge in [-0.3, -0.25) is 4.79 Å². The van der Waals surface area contributed by atoms with Gasteiger partial charge in [-0.15, -0.1) is 0 Å². The molecule has 2 rings (SSSR count). The molecule has 0 fully saturated rings. The minimum absolute atomic E-state index is 0.198. The molecule has 1 amide bonds. The maximum atomic E-state index is 12.9. The van der Waals surface area contributed by atoms with Crippen LogP contribution in [0.5, 0.6) is 0 Å². The van der Waals surface area contributed by atoms with Gasteiger partial charge in [0.05, 0.1) is 16.0 Å². The molecular weight excluding hydrogens is 383 g/mol. The first-order valence-corrected chi connectivity index (χ1v) is 9.56. The number of halogens is 2. The fraction of sp³-hybridized carbons (Fsp3) is 0.300. The van der Waals surface area contributed by atoms with Crippen LogP contribution in [0.25, 0.3) is 0 Å². The van der Waals surface area contributed by atoms with Crippen molar-refractivity contribution in [2.75, 3.05) is 17.6 Å². The van der Waals surface area contributed by atoms with Crippen molar-refractivity contribution in [2.24, 2.45) is 5.73 Å². The van der Waals surface area contributed by atoms with Crippen molar-refractivity contribution < 1.29 is 4.79 Å². The predicted octanol–water partition coefficient (Wildman–Crippen LogP) is 4.81. The Bertz CT molecular complexity index is 839. The van der Waals surface area contributed by atoms with Crippen molar-refractivity contribution in [3.8, 4) is 0 Å². The molecule has 1 unspecified atom stereocenters. The van der Waals surface area contributed by atoms with Gasteiger partial charge in [0.25, 0.3) is 0 Å². The average molecular weight is 407 g/mol. The van der Waals surface area contributed by atoms with E-state index in [0.29, 0.717) is 52.1 Å². The lowest BCUT2D eigenvalue weighted by atomic mass is 9.94. The van der Waals surface area contributed by atoms with Gasteiger partial charge in [0.15, 0.2) is 0 Å². The number of carbonyl (C=O) groups excluding carboxylic acids is 1. The first-order chi connectivity index (χ1) is 12.9. The Hall–Kier alpha value is -2.08. The molecule has 27 heavy (non-hydrogen) atoms. The van der Waals surface area contributed by atoms with Crippen molar-refractivity contribution >= 4 is 46.2 Å². The molecule has 5 nitrogen and oxygen atoms in total. The van der Waals surface area contributed by atoms with E-state index in [-0.39, 0.29) is 5.91 Å². The molecule has 0 aliphatic carbocycles. The van der Waals surface area contributed by atoms with Crippen LogP contribution in [0.2, 0.25) is 10.0 Å². The highest BCUT2D eigenvalue weighted by Gasteiger charge is 2.21. The van der Waals surface area contributed by atoms with Gasteiger partial charge in [0.2, 0.25) is 5.91 Å². The Morgan fingerprint density at radius 3 is 2.56 bits per heavy atom. The Labute approximate surface area is 169 Å². The summed E-state index contributed by atoms with van der Waals surface area (Å²) in [6.45, 7) is 2.36. The lowest BCUT2D eigenvalue weighted by Gasteiger charge is -2.18. The smallest absolute Gasteiger partial charge is 0.231 e. The largest absolute Gasteiger partial charge is 0.398 e. The number of hydrogen-bond donors (Lipinski definition) is 4. The molecule has 0 heterocycles. The number of carbonyl (C=O) groups is 1. The van der Waals surface area contributed by atoms with Crippen LogP contribution >= 0.6 is 23.2 Å². The maximum Gasteiger partial charge on any atom is 0.231 e. The summed E-state index contributed by atoms with van der Waals surface area (Å²) in [6.07, 6.45) is 1.95. The molecule has 0 aliphatic heterocycles. The Morgan fingerprint density at radius 2 is 1.93 bits per heavy atom. The zero-order chi connectivity index (χ0) is 20.0. The fourth-order valence-corrected chi connectivity index (χ4v) is 3.16. The number of hydrogen-bond acceptors (Lipinski definition) is 4. The monoisotopic (exact) mass is 406 g/mol. The molecule has 0 saturated carbocycles. The normalized spacial score (nSPS) is 11.9. The summed E-state index contributed by atoms with van der Waals surface area (Å²) in [5.41, 5.74) is 14.6. The van der Waals surface area contributed by atoms with Gasteiger partial charge in [0.1, 0.15) is 0 Å². The second kappa shape index (κ2) is 9.74. The number of rotatable bonds is 8. The molecule has 0 saturated heterocycles.